The predicted molar refractivity (Wildman–Crippen MR) is 59.1 cm³/mol. The third kappa shape index (κ3) is 1.92. The largest absolute Gasteiger partial charge is 0.455 e. The highest BCUT2D eigenvalue weighted by Crippen LogP contribution is 2.29. The Labute approximate surface area is 94.8 Å². The number of hydrogen-bond donors (Lipinski definition) is 1. The van der Waals surface area contributed by atoms with Crippen LogP contribution in [0.25, 0.3) is 11.0 Å². The zero-order chi connectivity index (χ0) is 11.0. The third-order valence-corrected chi connectivity index (χ3v) is 2.73. The molecule has 0 radical (unpaired) electrons. The number of aliphatic hydroxyl groups is 1. The Morgan fingerprint density at radius 1 is 1.47 bits per heavy atom. The molecule has 1 atom stereocenters. The number of furan rings is 1. The summed E-state index contributed by atoms with van der Waals surface area (Å²) in [5, 5.41) is 10.2. The van der Waals surface area contributed by atoms with Gasteiger partial charge in [0, 0.05) is 9.86 Å². The van der Waals surface area contributed by atoms with Gasteiger partial charge in [0.2, 0.25) is 0 Å². The summed E-state index contributed by atoms with van der Waals surface area (Å²) < 4.78 is 19.3. The van der Waals surface area contributed by atoms with Gasteiger partial charge in [0.25, 0.3) is 0 Å². The van der Waals surface area contributed by atoms with E-state index in [-0.39, 0.29) is 5.58 Å². The average Bonchev–Trinajstić information content (AvgIpc) is 2.60. The van der Waals surface area contributed by atoms with Crippen LogP contribution in [0.3, 0.4) is 0 Å². The highest BCUT2D eigenvalue weighted by Gasteiger charge is 2.14. The first-order valence-electron chi connectivity index (χ1n) is 4.68. The maximum absolute atomic E-state index is 13.4. The van der Waals surface area contributed by atoms with Crippen LogP contribution in [0.5, 0.6) is 0 Å². The van der Waals surface area contributed by atoms with Crippen LogP contribution in [-0.4, -0.2) is 5.11 Å². The molecule has 0 aliphatic heterocycles. The first kappa shape index (κ1) is 10.6. The van der Waals surface area contributed by atoms with E-state index in [0.29, 0.717) is 22.0 Å². The molecule has 4 heteroatoms. The van der Waals surface area contributed by atoms with E-state index in [1.807, 2.05) is 6.92 Å². The first-order valence-corrected chi connectivity index (χ1v) is 5.47. The number of aliphatic hydroxyl groups excluding tert-OH is 1. The number of hydrogen-bond acceptors (Lipinski definition) is 2. The topological polar surface area (TPSA) is 33.4 Å². The summed E-state index contributed by atoms with van der Waals surface area (Å²) >= 11 is 3.20. The molecule has 0 saturated heterocycles. The number of rotatable bonds is 2. The highest BCUT2D eigenvalue weighted by molar-refractivity contribution is 9.10. The summed E-state index contributed by atoms with van der Waals surface area (Å²) in [6.45, 7) is 1.84. The normalized spacial score (nSPS) is 13.3. The van der Waals surface area contributed by atoms with Gasteiger partial charge in [0.05, 0.1) is 0 Å². The molecule has 0 spiro atoms. The second-order valence-corrected chi connectivity index (χ2v) is 4.29. The molecular formula is C11H10BrFO2. The van der Waals surface area contributed by atoms with Crippen molar-refractivity contribution in [3.63, 3.8) is 0 Å². The minimum absolute atomic E-state index is 0.195. The van der Waals surface area contributed by atoms with Gasteiger partial charge in [0.1, 0.15) is 11.9 Å². The molecule has 0 aliphatic rings. The molecule has 1 aromatic heterocycles. The van der Waals surface area contributed by atoms with Crippen molar-refractivity contribution in [1.82, 2.24) is 0 Å². The number of benzene rings is 1. The SMILES string of the molecule is CCC(O)c1cc2cc(Br)cc(F)c2o1. The zero-order valence-corrected chi connectivity index (χ0v) is 9.71. The Morgan fingerprint density at radius 3 is 2.87 bits per heavy atom. The summed E-state index contributed by atoms with van der Waals surface area (Å²) in [6.07, 6.45) is -0.127. The predicted octanol–water partition coefficient (Wildman–Crippen LogP) is 3.78. The standard InChI is InChI=1S/C11H10BrFO2/c1-2-9(14)10-4-6-3-7(12)5-8(13)11(6)15-10/h3-5,9,14H,2H2,1H3. The van der Waals surface area contributed by atoms with Crippen LogP contribution < -0.4 is 0 Å². The molecule has 0 bridgehead atoms. The third-order valence-electron chi connectivity index (χ3n) is 2.27. The van der Waals surface area contributed by atoms with Crippen LogP contribution in [0.4, 0.5) is 4.39 Å². The lowest BCUT2D eigenvalue weighted by atomic mass is 10.2. The van der Waals surface area contributed by atoms with Gasteiger partial charge in [-0.1, -0.05) is 22.9 Å². The molecule has 0 saturated carbocycles. The lowest BCUT2D eigenvalue weighted by Crippen LogP contribution is -1.91. The minimum Gasteiger partial charge on any atom is -0.455 e. The zero-order valence-electron chi connectivity index (χ0n) is 8.13. The summed E-state index contributed by atoms with van der Waals surface area (Å²) in [5.41, 5.74) is 0.195. The van der Waals surface area contributed by atoms with E-state index in [9.17, 15) is 9.50 Å². The molecular weight excluding hydrogens is 263 g/mol. The molecule has 0 amide bonds. The van der Waals surface area contributed by atoms with Crippen molar-refractivity contribution in [2.45, 2.75) is 19.4 Å². The lowest BCUT2D eigenvalue weighted by Gasteiger charge is -2.01. The van der Waals surface area contributed by atoms with Gasteiger partial charge in [-0.05, 0) is 24.6 Å². The van der Waals surface area contributed by atoms with Crippen molar-refractivity contribution in [3.05, 3.63) is 34.2 Å². The molecule has 0 fully saturated rings. The maximum atomic E-state index is 13.4. The molecule has 15 heavy (non-hydrogen) atoms. The summed E-state index contributed by atoms with van der Waals surface area (Å²) in [4.78, 5) is 0. The molecule has 2 rings (SSSR count). The Bertz CT molecular complexity index is 493. The van der Waals surface area contributed by atoms with Crippen LogP contribution in [0.1, 0.15) is 25.2 Å². The van der Waals surface area contributed by atoms with Crippen LogP contribution in [0.2, 0.25) is 0 Å². The smallest absolute Gasteiger partial charge is 0.170 e. The lowest BCUT2D eigenvalue weighted by molar-refractivity contribution is 0.148. The Morgan fingerprint density at radius 2 is 2.20 bits per heavy atom. The van der Waals surface area contributed by atoms with Gasteiger partial charge < -0.3 is 9.52 Å². The summed E-state index contributed by atoms with van der Waals surface area (Å²) in [6, 6.07) is 4.76. The fraction of sp³-hybridized carbons (Fsp3) is 0.273. The van der Waals surface area contributed by atoms with E-state index in [4.69, 9.17) is 4.42 Å². The van der Waals surface area contributed by atoms with Gasteiger partial charge in [0.15, 0.2) is 11.4 Å². The van der Waals surface area contributed by atoms with Crippen molar-refractivity contribution in [2.24, 2.45) is 0 Å². The molecule has 1 N–H and O–H groups in total. The second kappa shape index (κ2) is 3.94. The summed E-state index contributed by atoms with van der Waals surface area (Å²) in [7, 11) is 0. The van der Waals surface area contributed by atoms with Crippen molar-refractivity contribution in [2.75, 3.05) is 0 Å². The summed E-state index contributed by atoms with van der Waals surface area (Å²) in [5.74, 6) is -0.0153. The second-order valence-electron chi connectivity index (χ2n) is 3.38. The molecule has 0 aliphatic carbocycles. The Kier molecular flexibility index (Phi) is 2.80. The van der Waals surface area contributed by atoms with Crippen LogP contribution in [-0.2, 0) is 0 Å². The molecule has 1 heterocycles. The quantitative estimate of drug-likeness (QED) is 0.903. The maximum Gasteiger partial charge on any atom is 0.170 e. The molecule has 2 nitrogen and oxygen atoms in total. The van der Waals surface area contributed by atoms with E-state index in [1.165, 1.54) is 6.07 Å². The van der Waals surface area contributed by atoms with Crippen molar-refractivity contribution in [3.8, 4) is 0 Å². The van der Waals surface area contributed by atoms with Crippen molar-refractivity contribution >= 4 is 26.9 Å². The molecule has 2 aromatic rings. The minimum atomic E-state index is -0.671. The molecule has 1 unspecified atom stereocenters. The van der Waals surface area contributed by atoms with Gasteiger partial charge >= 0.3 is 0 Å². The van der Waals surface area contributed by atoms with Gasteiger partial charge in [-0.2, -0.15) is 0 Å². The van der Waals surface area contributed by atoms with Crippen LogP contribution >= 0.6 is 15.9 Å². The van der Waals surface area contributed by atoms with E-state index >= 15 is 0 Å². The van der Waals surface area contributed by atoms with Crippen LogP contribution in [0.15, 0.2) is 27.1 Å². The monoisotopic (exact) mass is 272 g/mol. The van der Waals surface area contributed by atoms with Gasteiger partial charge in [-0.3, -0.25) is 0 Å². The fourth-order valence-corrected chi connectivity index (χ4v) is 1.91. The fourth-order valence-electron chi connectivity index (χ4n) is 1.46. The van der Waals surface area contributed by atoms with Gasteiger partial charge in [-0.25, -0.2) is 4.39 Å². The highest BCUT2D eigenvalue weighted by atomic mass is 79.9. The molecule has 1 aromatic carbocycles. The Hall–Kier alpha value is -0.870. The van der Waals surface area contributed by atoms with E-state index in [1.54, 1.807) is 12.1 Å². The first-order chi connectivity index (χ1) is 7.11. The number of halogens is 2. The Balaban J connectivity index is 2.60. The van der Waals surface area contributed by atoms with Gasteiger partial charge in [-0.15, -0.1) is 0 Å². The number of fused-ring (bicyclic) bond motifs is 1. The van der Waals surface area contributed by atoms with E-state index in [0.717, 1.165) is 0 Å². The van der Waals surface area contributed by atoms with Crippen LogP contribution in [0, 0.1) is 5.82 Å². The average molecular weight is 273 g/mol. The molecule has 80 valence electrons. The van der Waals surface area contributed by atoms with Crippen molar-refractivity contribution < 1.29 is 13.9 Å². The van der Waals surface area contributed by atoms with Crippen molar-refractivity contribution in [1.29, 1.82) is 0 Å². The van der Waals surface area contributed by atoms with E-state index in [2.05, 4.69) is 15.9 Å². The van der Waals surface area contributed by atoms with E-state index < -0.39 is 11.9 Å².